The van der Waals surface area contributed by atoms with Crippen LogP contribution >= 0.6 is 0 Å². The third-order valence-electron chi connectivity index (χ3n) is 6.32. The van der Waals surface area contributed by atoms with Crippen LogP contribution in [0, 0.1) is 11.6 Å². The lowest BCUT2D eigenvalue weighted by Crippen LogP contribution is -2.64. The summed E-state index contributed by atoms with van der Waals surface area (Å²) in [6.45, 7) is 7.21. The van der Waals surface area contributed by atoms with Crippen molar-refractivity contribution < 1.29 is 18.3 Å². The molecule has 1 saturated carbocycles. The SMILES string of the molecule is CC(C)N1CC2(CCN(CCc3cc(F)ccc3F)CC2)OC2(CC2)C1=O. The number of nitrogens with zero attached hydrogens (tertiary/aromatic N) is 2. The molecule has 0 atom stereocenters. The summed E-state index contributed by atoms with van der Waals surface area (Å²) in [6, 6.07) is 3.82. The Morgan fingerprint density at radius 3 is 2.48 bits per heavy atom. The summed E-state index contributed by atoms with van der Waals surface area (Å²) in [5.41, 5.74) is -0.386. The minimum absolute atomic E-state index is 0.159. The lowest BCUT2D eigenvalue weighted by molar-refractivity contribution is -0.203. The predicted octanol–water partition coefficient (Wildman–Crippen LogP) is 3.14. The summed E-state index contributed by atoms with van der Waals surface area (Å²) in [5, 5.41) is 0. The maximum absolute atomic E-state index is 13.8. The molecule has 2 aliphatic heterocycles. The van der Waals surface area contributed by atoms with Crippen LogP contribution in [0.25, 0.3) is 0 Å². The molecular weight excluding hydrogens is 350 g/mol. The number of carbonyl (C=O) groups excluding carboxylic acids is 1. The quantitative estimate of drug-likeness (QED) is 0.807. The number of morpholine rings is 1. The maximum Gasteiger partial charge on any atom is 0.255 e. The van der Waals surface area contributed by atoms with Gasteiger partial charge in [-0.2, -0.15) is 0 Å². The van der Waals surface area contributed by atoms with Gasteiger partial charge in [0, 0.05) is 25.7 Å². The lowest BCUT2D eigenvalue weighted by atomic mass is 9.87. The molecule has 1 aliphatic carbocycles. The van der Waals surface area contributed by atoms with E-state index in [2.05, 4.69) is 18.7 Å². The van der Waals surface area contributed by atoms with Crippen molar-refractivity contribution in [3.8, 4) is 0 Å². The number of rotatable bonds is 4. The molecule has 1 aromatic rings. The molecule has 0 N–H and O–H groups in total. The third-order valence-corrected chi connectivity index (χ3v) is 6.32. The number of carbonyl (C=O) groups is 1. The Morgan fingerprint density at radius 2 is 1.85 bits per heavy atom. The highest BCUT2D eigenvalue weighted by molar-refractivity contribution is 5.89. The maximum atomic E-state index is 13.8. The number of hydrogen-bond donors (Lipinski definition) is 0. The average Bonchev–Trinajstić information content (AvgIpc) is 3.40. The summed E-state index contributed by atoms with van der Waals surface area (Å²) >= 11 is 0. The molecule has 4 rings (SSSR count). The summed E-state index contributed by atoms with van der Waals surface area (Å²) in [6.07, 6.45) is 3.91. The minimum atomic E-state index is -0.560. The van der Waals surface area contributed by atoms with Gasteiger partial charge in [-0.3, -0.25) is 4.79 Å². The third kappa shape index (κ3) is 3.61. The molecule has 3 fully saturated rings. The number of likely N-dealkylation sites (tertiary alicyclic amines) is 1. The van der Waals surface area contributed by atoms with Gasteiger partial charge in [0.25, 0.3) is 5.91 Å². The summed E-state index contributed by atoms with van der Waals surface area (Å²) in [4.78, 5) is 17.0. The van der Waals surface area contributed by atoms with E-state index in [9.17, 15) is 13.6 Å². The molecule has 0 radical (unpaired) electrons. The van der Waals surface area contributed by atoms with Gasteiger partial charge in [0.15, 0.2) is 0 Å². The fraction of sp³-hybridized carbons (Fsp3) is 0.667. The Morgan fingerprint density at radius 1 is 1.15 bits per heavy atom. The molecule has 4 nitrogen and oxygen atoms in total. The zero-order valence-electron chi connectivity index (χ0n) is 16.1. The number of ether oxygens (including phenoxy) is 1. The normalized spacial score (nSPS) is 24.2. The fourth-order valence-corrected chi connectivity index (χ4v) is 4.44. The van der Waals surface area contributed by atoms with Crippen molar-refractivity contribution >= 4 is 5.91 Å². The van der Waals surface area contributed by atoms with Crippen LogP contribution in [0.1, 0.15) is 45.1 Å². The molecule has 0 unspecified atom stereocenters. The molecule has 6 heteroatoms. The topological polar surface area (TPSA) is 32.8 Å². The molecule has 148 valence electrons. The number of halogens is 2. The van der Waals surface area contributed by atoms with Crippen LogP contribution in [0.4, 0.5) is 8.78 Å². The van der Waals surface area contributed by atoms with Crippen molar-refractivity contribution in [1.82, 2.24) is 9.80 Å². The molecule has 2 spiro atoms. The van der Waals surface area contributed by atoms with Crippen molar-refractivity contribution in [3.05, 3.63) is 35.4 Å². The minimum Gasteiger partial charge on any atom is -0.357 e. The van der Waals surface area contributed by atoms with Gasteiger partial charge in [0.2, 0.25) is 0 Å². The van der Waals surface area contributed by atoms with Crippen molar-refractivity contribution in [2.45, 2.75) is 63.2 Å². The summed E-state index contributed by atoms with van der Waals surface area (Å²) in [7, 11) is 0. The van der Waals surface area contributed by atoms with E-state index < -0.39 is 11.4 Å². The van der Waals surface area contributed by atoms with E-state index in [1.165, 1.54) is 12.1 Å². The first kappa shape index (κ1) is 18.8. The predicted molar refractivity (Wildman–Crippen MR) is 98.4 cm³/mol. The van der Waals surface area contributed by atoms with Crippen molar-refractivity contribution in [2.75, 3.05) is 26.2 Å². The first-order chi connectivity index (χ1) is 12.8. The molecule has 0 aromatic heterocycles. The van der Waals surface area contributed by atoms with Gasteiger partial charge in [0.1, 0.15) is 17.2 Å². The standard InChI is InChI=1S/C21H28F2N2O2/c1-15(2)25-14-20(27-21(6-7-21)19(25)26)8-11-24(12-9-20)10-5-16-13-17(22)3-4-18(16)23/h3-4,13,15H,5-12,14H2,1-2H3. The molecule has 0 bridgehead atoms. The van der Waals surface area contributed by atoms with Crippen LogP contribution in [0.15, 0.2) is 18.2 Å². The Balaban J connectivity index is 1.37. The Bertz CT molecular complexity index is 725. The van der Waals surface area contributed by atoms with Gasteiger partial charge in [-0.05, 0) is 69.7 Å². The van der Waals surface area contributed by atoms with Crippen molar-refractivity contribution in [3.63, 3.8) is 0 Å². The van der Waals surface area contributed by atoms with Gasteiger partial charge in [-0.1, -0.05) is 0 Å². The Hall–Kier alpha value is -1.53. The van der Waals surface area contributed by atoms with E-state index in [0.717, 1.165) is 44.8 Å². The smallest absolute Gasteiger partial charge is 0.255 e. The average molecular weight is 378 g/mol. The molecule has 2 saturated heterocycles. The zero-order valence-corrected chi connectivity index (χ0v) is 16.1. The monoisotopic (exact) mass is 378 g/mol. The summed E-state index contributed by atoms with van der Waals surface area (Å²) < 4.78 is 33.6. The molecular formula is C21H28F2N2O2. The first-order valence-corrected chi connectivity index (χ1v) is 10.0. The highest BCUT2D eigenvalue weighted by atomic mass is 19.1. The zero-order chi connectivity index (χ0) is 19.2. The van der Waals surface area contributed by atoms with E-state index >= 15 is 0 Å². The second-order valence-electron chi connectivity index (χ2n) is 8.63. The number of benzene rings is 1. The van der Waals surface area contributed by atoms with Gasteiger partial charge in [-0.25, -0.2) is 8.78 Å². The molecule has 1 amide bonds. The second kappa shape index (κ2) is 6.82. The molecule has 2 heterocycles. The summed E-state index contributed by atoms with van der Waals surface area (Å²) in [5.74, 6) is -0.581. The highest BCUT2D eigenvalue weighted by Crippen LogP contribution is 2.50. The number of amides is 1. The van der Waals surface area contributed by atoms with Crippen LogP contribution < -0.4 is 0 Å². The molecule has 27 heavy (non-hydrogen) atoms. The Kier molecular flexibility index (Phi) is 4.75. The second-order valence-corrected chi connectivity index (χ2v) is 8.63. The number of piperidine rings is 1. The van der Waals surface area contributed by atoms with E-state index in [4.69, 9.17) is 4.74 Å². The highest BCUT2D eigenvalue weighted by Gasteiger charge is 2.62. The van der Waals surface area contributed by atoms with Crippen LogP contribution in [0.3, 0.4) is 0 Å². The molecule has 1 aromatic carbocycles. The van der Waals surface area contributed by atoms with Crippen molar-refractivity contribution in [2.24, 2.45) is 0 Å². The molecule has 3 aliphatic rings. The lowest BCUT2D eigenvalue weighted by Gasteiger charge is -2.51. The van der Waals surface area contributed by atoms with E-state index in [1.807, 2.05) is 4.90 Å². The first-order valence-electron chi connectivity index (χ1n) is 10.0. The van der Waals surface area contributed by atoms with E-state index in [-0.39, 0.29) is 23.4 Å². The fourth-order valence-electron chi connectivity index (χ4n) is 4.44. The largest absolute Gasteiger partial charge is 0.357 e. The Labute approximate surface area is 159 Å². The van der Waals surface area contributed by atoms with Gasteiger partial charge in [0.05, 0.1) is 12.1 Å². The van der Waals surface area contributed by atoms with E-state index in [1.54, 1.807) is 0 Å². The van der Waals surface area contributed by atoms with Crippen LogP contribution in [-0.2, 0) is 16.0 Å². The van der Waals surface area contributed by atoms with Crippen LogP contribution in [-0.4, -0.2) is 59.1 Å². The van der Waals surface area contributed by atoms with E-state index in [0.29, 0.717) is 25.1 Å². The van der Waals surface area contributed by atoms with Gasteiger partial charge >= 0.3 is 0 Å². The van der Waals surface area contributed by atoms with Gasteiger partial charge < -0.3 is 14.5 Å². The van der Waals surface area contributed by atoms with Gasteiger partial charge in [-0.15, -0.1) is 0 Å². The van der Waals surface area contributed by atoms with Crippen molar-refractivity contribution in [1.29, 1.82) is 0 Å². The van der Waals surface area contributed by atoms with Crippen LogP contribution in [0.2, 0.25) is 0 Å². The number of hydrogen-bond acceptors (Lipinski definition) is 3. The van der Waals surface area contributed by atoms with Crippen LogP contribution in [0.5, 0.6) is 0 Å².